The molecule has 0 saturated heterocycles. The Balaban J connectivity index is 1.72. The SMILES string of the molecule is CC(Cc1ccc(C(F)(F)F)cc1)Nc1ncnc2ccccc12. The monoisotopic (exact) mass is 331 g/mol. The summed E-state index contributed by atoms with van der Waals surface area (Å²) >= 11 is 0. The molecule has 24 heavy (non-hydrogen) atoms. The molecular formula is C18H16F3N3. The highest BCUT2D eigenvalue weighted by Gasteiger charge is 2.29. The quantitative estimate of drug-likeness (QED) is 0.753. The van der Waals surface area contributed by atoms with Gasteiger partial charge in [-0.25, -0.2) is 9.97 Å². The lowest BCUT2D eigenvalue weighted by Gasteiger charge is -2.16. The summed E-state index contributed by atoms with van der Waals surface area (Å²) in [5.41, 5.74) is 1.05. The van der Waals surface area contributed by atoms with Crippen molar-refractivity contribution < 1.29 is 13.2 Å². The Morgan fingerprint density at radius 3 is 2.42 bits per heavy atom. The van der Waals surface area contributed by atoms with Crippen LogP contribution in [0.4, 0.5) is 19.0 Å². The first-order valence-electron chi connectivity index (χ1n) is 7.56. The molecule has 3 rings (SSSR count). The molecule has 0 saturated carbocycles. The third kappa shape index (κ3) is 3.64. The maximum Gasteiger partial charge on any atom is 0.416 e. The molecule has 0 amide bonds. The molecular weight excluding hydrogens is 315 g/mol. The number of nitrogens with one attached hydrogen (secondary N) is 1. The molecule has 6 heteroatoms. The lowest BCUT2D eigenvalue weighted by Crippen LogP contribution is -2.19. The summed E-state index contributed by atoms with van der Waals surface area (Å²) in [7, 11) is 0. The van der Waals surface area contributed by atoms with Gasteiger partial charge < -0.3 is 5.32 Å². The summed E-state index contributed by atoms with van der Waals surface area (Å²) in [6, 6.07) is 12.9. The average Bonchev–Trinajstić information content (AvgIpc) is 2.55. The van der Waals surface area contributed by atoms with Crippen molar-refractivity contribution in [1.82, 2.24) is 9.97 Å². The lowest BCUT2D eigenvalue weighted by atomic mass is 10.0. The zero-order valence-electron chi connectivity index (χ0n) is 13.0. The van der Waals surface area contributed by atoms with Gasteiger partial charge in [0.1, 0.15) is 12.1 Å². The highest BCUT2D eigenvalue weighted by atomic mass is 19.4. The molecule has 1 heterocycles. The molecule has 1 atom stereocenters. The summed E-state index contributed by atoms with van der Waals surface area (Å²) in [6.07, 6.45) is -2.21. The molecule has 3 aromatic rings. The van der Waals surface area contributed by atoms with Crippen LogP contribution in [-0.4, -0.2) is 16.0 Å². The van der Waals surface area contributed by atoms with Crippen molar-refractivity contribution in [3.8, 4) is 0 Å². The minimum Gasteiger partial charge on any atom is -0.367 e. The van der Waals surface area contributed by atoms with Crippen LogP contribution in [0.25, 0.3) is 10.9 Å². The van der Waals surface area contributed by atoms with Gasteiger partial charge in [0.05, 0.1) is 11.1 Å². The van der Waals surface area contributed by atoms with Gasteiger partial charge in [0.15, 0.2) is 0 Å². The van der Waals surface area contributed by atoms with Crippen molar-refractivity contribution >= 4 is 16.7 Å². The summed E-state index contributed by atoms with van der Waals surface area (Å²) in [6.45, 7) is 1.97. The summed E-state index contributed by atoms with van der Waals surface area (Å²) < 4.78 is 37.8. The molecule has 3 nitrogen and oxygen atoms in total. The van der Waals surface area contributed by atoms with Gasteiger partial charge in [0, 0.05) is 11.4 Å². The third-order valence-electron chi connectivity index (χ3n) is 3.75. The molecule has 0 bridgehead atoms. The molecule has 0 aliphatic carbocycles. The van der Waals surface area contributed by atoms with Gasteiger partial charge >= 0.3 is 6.18 Å². The van der Waals surface area contributed by atoms with E-state index in [1.165, 1.54) is 18.5 Å². The van der Waals surface area contributed by atoms with Crippen LogP contribution in [-0.2, 0) is 12.6 Å². The molecule has 1 N–H and O–H groups in total. The van der Waals surface area contributed by atoms with Gasteiger partial charge in [-0.3, -0.25) is 0 Å². The topological polar surface area (TPSA) is 37.8 Å². The first-order valence-corrected chi connectivity index (χ1v) is 7.56. The van der Waals surface area contributed by atoms with Crippen LogP contribution in [0.3, 0.4) is 0 Å². The maximum atomic E-state index is 12.6. The third-order valence-corrected chi connectivity index (χ3v) is 3.75. The van der Waals surface area contributed by atoms with Gasteiger partial charge in [0.2, 0.25) is 0 Å². The smallest absolute Gasteiger partial charge is 0.367 e. The molecule has 0 fully saturated rings. The van der Waals surface area contributed by atoms with Gasteiger partial charge in [-0.15, -0.1) is 0 Å². The van der Waals surface area contributed by atoms with E-state index in [1.54, 1.807) is 0 Å². The van der Waals surface area contributed by atoms with E-state index in [1.807, 2.05) is 31.2 Å². The van der Waals surface area contributed by atoms with Gasteiger partial charge in [-0.05, 0) is 43.2 Å². The van der Waals surface area contributed by atoms with Crippen LogP contribution in [0.5, 0.6) is 0 Å². The second-order valence-electron chi connectivity index (χ2n) is 5.68. The van der Waals surface area contributed by atoms with Crippen LogP contribution < -0.4 is 5.32 Å². The number of hydrogen-bond donors (Lipinski definition) is 1. The standard InChI is InChI=1S/C18H16F3N3/c1-12(10-13-6-8-14(9-7-13)18(19,20)21)24-17-15-4-2-3-5-16(15)22-11-23-17/h2-9,11-12H,10H2,1H3,(H,22,23,24). The van der Waals surface area contributed by atoms with E-state index in [4.69, 9.17) is 0 Å². The molecule has 1 aromatic heterocycles. The second-order valence-corrected chi connectivity index (χ2v) is 5.68. The van der Waals surface area contributed by atoms with Gasteiger partial charge in [-0.1, -0.05) is 24.3 Å². The Kier molecular flexibility index (Phi) is 4.38. The number of anilines is 1. The fourth-order valence-electron chi connectivity index (χ4n) is 2.59. The number of aromatic nitrogens is 2. The average molecular weight is 331 g/mol. The van der Waals surface area contributed by atoms with E-state index in [-0.39, 0.29) is 6.04 Å². The Morgan fingerprint density at radius 1 is 1.00 bits per heavy atom. The van der Waals surface area contributed by atoms with Crippen LogP contribution in [0.2, 0.25) is 0 Å². The van der Waals surface area contributed by atoms with Crippen molar-refractivity contribution in [2.45, 2.75) is 25.6 Å². The van der Waals surface area contributed by atoms with E-state index in [9.17, 15) is 13.2 Å². The van der Waals surface area contributed by atoms with E-state index >= 15 is 0 Å². The van der Waals surface area contributed by atoms with Crippen LogP contribution >= 0.6 is 0 Å². The minimum atomic E-state index is -4.30. The summed E-state index contributed by atoms with van der Waals surface area (Å²) in [5, 5.41) is 4.22. The fraction of sp³-hybridized carbons (Fsp3) is 0.222. The Hall–Kier alpha value is -2.63. The first-order chi connectivity index (χ1) is 11.4. The van der Waals surface area contributed by atoms with Gasteiger partial charge in [-0.2, -0.15) is 13.2 Å². The number of halogens is 3. The molecule has 0 aliphatic rings. The first kappa shape index (κ1) is 16.2. The number of nitrogens with zero attached hydrogens (tertiary/aromatic N) is 2. The second kappa shape index (κ2) is 6.47. The molecule has 1 unspecified atom stereocenters. The van der Waals surface area contributed by atoms with E-state index < -0.39 is 11.7 Å². The number of rotatable bonds is 4. The van der Waals surface area contributed by atoms with E-state index in [0.29, 0.717) is 6.42 Å². The number of alkyl halides is 3. The maximum absolute atomic E-state index is 12.6. The Morgan fingerprint density at radius 2 is 1.71 bits per heavy atom. The lowest BCUT2D eigenvalue weighted by molar-refractivity contribution is -0.137. The van der Waals surface area contributed by atoms with Crippen molar-refractivity contribution in [3.05, 3.63) is 66.0 Å². The summed E-state index contributed by atoms with van der Waals surface area (Å²) in [4.78, 5) is 8.47. The molecule has 0 spiro atoms. The minimum absolute atomic E-state index is 0.0139. The highest BCUT2D eigenvalue weighted by molar-refractivity contribution is 5.88. The molecule has 2 aromatic carbocycles. The predicted octanol–water partition coefficient (Wildman–Crippen LogP) is 4.69. The molecule has 0 aliphatic heterocycles. The van der Waals surface area contributed by atoms with Crippen molar-refractivity contribution in [2.75, 3.05) is 5.32 Å². The van der Waals surface area contributed by atoms with Crippen molar-refractivity contribution in [1.29, 1.82) is 0 Å². The fourth-order valence-corrected chi connectivity index (χ4v) is 2.59. The van der Waals surface area contributed by atoms with Crippen LogP contribution in [0, 0.1) is 0 Å². The number of fused-ring (bicyclic) bond motifs is 1. The largest absolute Gasteiger partial charge is 0.416 e. The number of benzene rings is 2. The zero-order valence-corrected chi connectivity index (χ0v) is 13.0. The number of hydrogen-bond acceptors (Lipinski definition) is 3. The summed E-state index contributed by atoms with van der Waals surface area (Å²) in [5.74, 6) is 0.722. The normalized spacial score (nSPS) is 13.0. The van der Waals surface area contributed by atoms with Gasteiger partial charge in [0.25, 0.3) is 0 Å². The Bertz CT molecular complexity index is 824. The zero-order chi connectivity index (χ0) is 17.2. The van der Waals surface area contributed by atoms with E-state index in [0.717, 1.165) is 34.4 Å². The van der Waals surface area contributed by atoms with Crippen molar-refractivity contribution in [3.63, 3.8) is 0 Å². The van der Waals surface area contributed by atoms with E-state index in [2.05, 4.69) is 15.3 Å². The van der Waals surface area contributed by atoms with Crippen molar-refractivity contribution in [2.24, 2.45) is 0 Å². The highest BCUT2D eigenvalue weighted by Crippen LogP contribution is 2.29. The molecule has 0 radical (unpaired) electrons. The Labute approximate surface area is 137 Å². The molecule has 124 valence electrons. The van der Waals surface area contributed by atoms with Crippen LogP contribution in [0.15, 0.2) is 54.9 Å². The van der Waals surface area contributed by atoms with Crippen LogP contribution in [0.1, 0.15) is 18.1 Å². The number of para-hydroxylation sites is 1. The predicted molar refractivity (Wildman–Crippen MR) is 87.8 cm³/mol.